The van der Waals surface area contributed by atoms with Crippen LogP contribution < -0.4 is 4.74 Å². The highest BCUT2D eigenvalue weighted by molar-refractivity contribution is 6.30. The van der Waals surface area contributed by atoms with Crippen LogP contribution in [0.4, 0.5) is 0 Å². The lowest BCUT2D eigenvalue weighted by molar-refractivity contribution is -0.136. The lowest BCUT2D eigenvalue weighted by atomic mass is 10.3. The van der Waals surface area contributed by atoms with Crippen LogP contribution >= 0.6 is 11.6 Å². The number of halogens is 1. The molecule has 1 atom stereocenters. The molecule has 0 bridgehead atoms. The normalized spacial score (nSPS) is 16.9. The van der Waals surface area contributed by atoms with Gasteiger partial charge < -0.3 is 9.64 Å². The number of carbonyl (C=O) groups excluding carboxylic acids is 1. The molecule has 0 radical (unpaired) electrons. The largest absolute Gasteiger partial charge is 0.481 e. The van der Waals surface area contributed by atoms with E-state index in [1.165, 1.54) is 0 Å². The monoisotopic (exact) mass is 253 g/mol. The minimum atomic E-state index is -0.452. The van der Waals surface area contributed by atoms with Crippen molar-refractivity contribution in [3.8, 4) is 5.75 Å². The zero-order valence-electron chi connectivity index (χ0n) is 9.86. The molecule has 4 heteroatoms. The Bertz CT molecular complexity index is 402. The van der Waals surface area contributed by atoms with Crippen LogP contribution in [0.3, 0.4) is 0 Å². The van der Waals surface area contributed by atoms with Crippen molar-refractivity contribution >= 4 is 17.5 Å². The van der Waals surface area contributed by atoms with Crippen LogP contribution in [0.25, 0.3) is 0 Å². The van der Waals surface area contributed by atoms with Crippen LogP contribution in [0.5, 0.6) is 5.75 Å². The third-order valence-electron chi connectivity index (χ3n) is 2.87. The molecule has 0 spiro atoms. The van der Waals surface area contributed by atoms with Crippen molar-refractivity contribution in [2.24, 2.45) is 0 Å². The molecule has 0 N–H and O–H groups in total. The van der Waals surface area contributed by atoms with Gasteiger partial charge in [-0.2, -0.15) is 0 Å². The number of likely N-dealkylation sites (tertiary alicyclic amines) is 1. The van der Waals surface area contributed by atoms with Crippen LogP contribution in [0.1, 0.15) is 19.8 Å². The van der Waals surface area contributed by atoms with E-state index in [1.54, 1.807) is 25.1 Å². The van der Waals surface area contributed by atoms with Gasteiger partial charge in [0.25, 0.3) is 5.91 Å². The van der Waals surface area contributed by atoms with E-state index < -0.39 is 6.10 Å². The maximum absolute atomic E-state index is 12.0. The number of carbonyl (C=O) groups is 1. The van der Waals surface area contributed by atoms with Crippen molar-refractivity contribution in [2.75, 3.05) is 13.1 Å². The molecule has 1 aromatic carbocycles. The second-order valence-corrected chi connectivity index (χ2v) is 4.69. The molecule has 1 aromatic rings. The van der Waals surface area contributed by atoms with Crippen LogP contribution in [0, 0.1) is 0 Å². The van der Waals surface area contributed by atoms with Gasteiger partial charge in [-0.15, -0.1) is 0 Å². The first-order valence-corrected chi connectivity index (χ1v) is 6.25. The quantitative estimate of drug-likeness (QED) is 0.829. The standard InChI is InChI=1S/C13H16ClNO2/c1-10(13(16)15-7-2-3-8-15)17-12-6-4-5-11(14)9-12/h4-6,9-10H,2-3,7-8H2,1H3/t10-/m1/s1. The number of hydrogen-bond acceptors (Lipinski definition) is 2. The van der Waals surface area contributed by atoms with E-state index in [9.17, 15) is 4.79 Å². The van der Waals surface area contributed by atoms with Crippen molar-refractivity contribution < 1.29 is 9.53 Å². The number of hydrogen-bond donors (Lipinski definition) is 0. The van der Waals surface area contributed by atoms with Crippen molar-refractivity contribution in [3.05, 3.63) is 29.3 Å². The van der Waals surface area contributed by atoms with E-state index in [0.717, 1.165) is 25.9 Å². The smallest absolute Gasteiger partial charge is 0.263 e. The summed E-state index contributed by atoms with van der Waals surface area (Å²) in [6.07, 6.45) is 1.73. The molecule has 2 rings (SSSR count). The first kappa shape index (κ1) is 12.2. The molecule has 0 unspecified atom stereocenters. The summed E-state index contributed by atoms with van der Waals surface area (Å²) < 4.78 is 5.59. The molecule has 17 heavy (non-hydrogen) atoms. The fraction of sp³-hybridized carbons (Fsp3) is 0.462. The fourth-order valence-electron chi connectivity index (χ4n) is 1.99. The highest BCUT2D eigenvalue weighted by Gasteiger charge is 2.24. The summed E-state index contributed by atoms with van der Waals surface area (Å²) in [6, 6.07) is 7.11. The molecule has 1 amide bonds. The van der Waals surface area contributed by atoms with Crippen molar-refractivity contribution in [2.45, 2.75) is 25.9 Å². The minimum absolute atomic E-state index is 0.0578. The second-order valence-electron chi connectivity index (χ2n) is 4.25. The molecule has 1 aliphatic rings. The average Bonchev–Trinajstić information content (AvgIpc) is 2.81. The van der Waals surface area contributed by atoms with Crippen LogP contribution in [-0.4, -0.2) is 30.0 Å². The number of rotatable bonds is 3. The molecular formula is C13H16ClNO2. The molecule has 1 heterocycles. The van der Waals surface area contributed by atoms with Crippen LogP contribution in [-0.2, 0) is 4.79 Å². The summed E-state index contributed by atoms with van der Waals surface area (Å²) in [5.41, 5.74) is 0. The lowest BCUT2D eigenvalue weighted by Crippen LogP contribution is -2.38. The second kappa shape index (κ2) is 5.41. The van der Waals surface area contributed by atoms with Gasteiger partial charge in [0.05, 0.1) is 0 Å². The number of ether oxygens (including phenoxy) is 1. The Balaban J connectivity index is 1.96. The average molecular weight is 254 g/mol. The number of benzene rings is 1. The van der Waals surface area contributed by atoms with Gasteiger partial charge in [0, 0.05) is 18.1 Å². The van der Waals surface area contributed by atoms with E-state index in [4.69, 9.17) is 16.3 Å². The Morgan fingerprint density at radius 3 is 2.76 bits per heavy atom. The number of nitrogens with zero attached hydrogens (tertiary/aromatic N) is 1. The third kappa shape index (κ3) is 3.13. The van der Waals surface area contributed by atoms with E-state index in [1.807, 2.05) is 11.0 Å². The summed E-state index contributed by atoms with van der Waals surface area (Å²) in [5.74, 6) is 0.694. The molecule has 0 aromatic heterocycles. The summed E-state index contributed by atoms with van der Waals surface area (Å²) >= 11 is 5.86. The van der Waals surface area contributed by atoms with Crippen LogP contribution in [0.15, 0.2) is 24.3 Å². The molecule has 92 valence electrons. The van der Waals surface area contributed by atoms with Gasteiger partial charge in [0.15, 0.2) is 6.10 Å². The fourth-order valence-corrected chi connectivity index (χ4v) is 2.17. The highest BCUT2D eigenvalue weighted by atomic mass is 35.5. The van der Waals surface area contributed by atoms with Gasteiger partial charge in [-0.05, 0) is 38.0 Å². The molecular weight excluding hydrogens is 238 g/mol. The maximum atomic E-state index is 12.0. The van der Waals surface area contributed by atoms with Gasteiger partial charge in [0.2, 0.25) is 0 Å². The first-order chi connectivity index (χ1) is 8.16. The van der Waals surface area contributed by atoms with E-state index >= 15 is 0 Å². The topological polar surface area (TPSA) is 29.5 Å². The predicted molar refractivity (Wildman–Crippen MR) is 67.4 cm³/mol. The summed E-state index contributed by atoms with van der Waals surface area (Å²) in [5, 5.41) is 0.614. The molecule has 3 nitrogen and oxygen atoms in total. The zero-order valence-corrected chi connectivity index (χ0v) is 10.6. The Morgan fingerprint density at radius 2 is 2.12 bits per heavy atom. The van der Waals surface area contributed by atoms with Gasteiger partial charge in [-0.3, -0.25) is 4.79 Å². The molecule has 1 saturated heterocycles. The van der Waals surface area contributed by atoms with E-state index in [-0.39, 0.29) is 5.91 Å². The first-order valence-electron chi connectivity index (χ1n) is 5.88. The highest BCUT2D eigenvalue weighted by Crippen LogP contribution is 2.19. The molecule has 0 aliphatic carbocycles. The van der Waals surface area contributed by atoms with Gasteiger partial charge in [0.1, 0.15) is 5.75 Å². The minimum Gasteiger partial charge on any atom is -0.481 e. The van der Waals surface area contributed by atoms with Gasteiger partial charge in [-0.25, -0.2) is 0 Å². The summed E-state index contributed by atoms with van der Waals surface area (Å²) in [4.78, 5) is 13.9. The van der Waals surface area contributed by atoms with Crippen LogP contribution in [0.2, 0.25) is 5.02 Å². The maximum Gasteiger partial charge on any atom is 0.263 e. The molecule has 0 saturated carbocycles. The van der Waals surface area contributed by atoms with Gasteiger partial charge in [-0.1, -0.05) is 17.7 Å². The lowest BCUT2D eigenvalue weighted by Gasteiger charge is -2.21. The van der Waals surface area contributed by atoms with E-state index in [0.29, 0.717) is 10.8 Å². The Morgan fingerprint density at radius 1 is 1.41 bits per heavy atom. The predicted octanol–water partition coefficient (Wildman–Crippen LogP) is 2.73. The molecule has 1 fully saturated rings. The van der Waals surface area contributed by atoms with Crippen molar-refractivity contribution in [1.82, 2.24) is 4.90 Å². The summed E-state index contributed by atoms with van der Waals surface area (Å²) in [7, 11) is 0. The van der Waals surface area contributed by atoms with Gasteiger partial charge >= 0.3 is 0 Å². The third-order valence-corrected chi connectivity index (χ3v) is 3.11. The van der Waals surface area contributed by atoms with Crippen molar-refractivity contribution in [3.63, 3.8) is 0 Å². The SMILES string of the molecule is C[C@@H](Oc1cccc(Cl)c1)C(=O)N1CCCC1. The Labute approximate surface area is 106 Å². The molecule has 1 aliphatic heterocycles. The van der Waals surface area contributed by atoms with Crippen molar-refractivity contribution in [1.29, 1.82) is 0 Å². The summed E-state index contributed by atoms with van der Waals surface area (Å²) in [6.45, 7) is 3.48. The Hall–Kier alpha value is -1.22. The number of amides is 1. The zero-order chi connectivity index (χ0) is 12.3. The Kier molecular flexibility index (Phi) is 3.89. The van der Waals surface area contributed by atoms with E-state index in [2.05, 4.69) is 0 Å².